The monoisotopic (exact) mass is 481 g/mol. The number of benzene rings is 3. The van der Waals surface area contributed by atoms with E-state index >= 15 is 0 Å². The van der Waals surface area contributed by atoms with Crippen molar-refractivity contribution in [2.45, 2.75) is 0 Å². The first-order valence-corrected chi connectivity index (χ1v) is 11.7. The molecule has 0 aliphatic carbocycles. The third-order valence-electron chi connectivity index (χ3n) is 4.88. The van der Waals surface area contributed by atoms with Crippen LogP contribution in [0.1, 0.15) is 26.3 Å². The smallest absolute Gasteiger partial charge is 0.354 e. The van der Waals surface area contributed by atoms with Crippen LogP contribution >= 0.6 is 0 Å². The first kappa shape index (κ1) is 22.8. The minimum absolute atomic E-state index is 0.100. The van der Waals surface area contributed by atoms with Crippen molar-refractivity contribution >= 4 is 33.5 Å². The fourth-order valence-corrected chi connectivity index (χ4v) is 3.79. The normalized spacial score (nSPS) is 12.1. The van der Waals surface area contributed by atoms with Crippen LogP contribution < -0.4 is 20.5 Å². The van der Waals surface area contributed by atoms with Crippen molar-refractivity contribution in [2.75, 3.05) is 18.4 Å². The number of fused-ring (bicyclic) bond motifs is 1. The summed E-state index contributed by atoms with van der Waals surface area (Å²) in [6.45, 7) is -0.107. The summed E-state index contributed by atoms with van der Waals surface area (Å²) in [7, 11) is -4.09. The van der Waals surface area contributed by atoms with Gasteiger partial charge in [0.25, 0.3) is 5.91 Å². The third-order valence-corrected chi connectivity index (χ3v) is 5.34. The Balaban J connectivity index is 1.78. The van der Waals surface area contributed by atoms with Crippen molar-refractivity contribution in [3.8, 4) is 22.6 Å². The minimum Gasteiger partial charge on any atom is -0.454 e. The van der Waals surface area contributed by atoms with Crippen molar-refractivity contribution in [1.29, 1.82) is 5.41 Å². The lowest BCUT2D eigenvalue weighted by Crippen LogP contribution is -2.16. The van der Waals surface area contributed by atoms with Gasteiger partial charge >= 0.3 is 16.1 Å². The van der Waals surface area contributed by atoms with Gasteiger partial charge in [-0.15, -0.1) is 0 Å². The molecule has 0 saturated carbocycles. The molecule has 3 aromatic rings. The van der Waals surface area contributed by atoms with Gasteiger partial charge in [0.2, 0.25) is 6.79 Å². The molecule has 0 unspecified atom stereocenters. The Morgan fingerprint density at radius 2 is 1.71 bits per heavy atom. The largest absolute Gasteiger partial charge is 0.454 e. The Kier molecular flexibility index (Phi) is 5.95. The molecule has 0 bridgehead atoms. The molecule has 1 aliphatic heterocycles. The highest BCUT2D eigenvalue weighted by molar-refractivity contribution is 7.86. The molecular weight excluding hydrogens is 462 g/mol. The number of amidine groups is 1. The van der Waals surface area contributed by atoms with Crippen LogP contribution in [-0.4, -0.2) is 39.2 Å². The van der Waals surface area contributed by atoms with Crippen LogP contribution in [0.4, 0.5) is 5.69 Å². The highest BCUT2D eigenvalue weighted by atomic mass is 32.2. The Morgan fingerprint density at radius 3 is 2.38 bits per heavy atom. The summed E-state index contributed by atoms with van der Waals surface area (Å²) in [4.78, 5) is 25.9. The summed E-state index contributed by atoms with van der Waals surface area (Å²) in [5.41, 5.74) is 6.98. The number of nitrogen functional groups attached to an aromatic ring is 1. The zero-order valence-corrected chi connectivity index (χ0v) is 18.6. The van der Waals surface area contributed by atoms with Crippen molar-refractivity contribution in [3.63, 3.8) is 0 Å². The number of nitrogens with one attached hydrogen (secondary N) is 2. The van der Waals surface area contributed by atoms with Crippen LogP contribution in [0.3, 0.4) is 0 Å². The third kappa shape index (κ3) is 4.69. The molecule has 34 heavy (non-hydrogen) atoms. The lowest BCUT2D eigenvalue weighted by atomic mass is 9.93. The second kappa shape index (κ2) is 8.87. The fourth-order valence-electron chi connectivity index (χ4n) is 3.42. The van der Waals surface area contributed by atoms with Crippen molar-refractivity contribution in [2.24, 2.45) is 5.73 Å². The molecule has 0 saturated heterocycles. The van der Waals surface area contributed by atoms with E-state index in [1.165, 1.54) is 12.1 Å². The first-order chi connectivity index (χ1) is 16.1. The maximum absolute atomic E-state index is 13.2. The van der Waals surface area contributed by atoms with E-state index in [1.807, 2.05) is 0 Å². The van der Waals surface area contributed by atoms with Gasteiger partial charge < -0.3 is 24.7 Å². The van der Waals surface area contributed by atoms with Crippen molar-refractivity contribution in [3.05, 3.63) is 77.4 Å². The van der Waals surface area contributed by atoms with Gasteiger partial charge in [-0.3, -0.25) is 10.2 Å². The van der Waals surface area contributed by atoms with Gasteiger partial charge in [-0.2, -0.15) is 8.42 Å². The van der Waals surface area contributed by atoms with E-state index in [4.69, 9.17) is 20.6 Å². The molecule has 0 fully saturated rings. The van der Waals surface area contributed by atoms with Gasteiger partial charge in [0, 0.05) is 22.4 Å². The van der Waals surface area contributed by atoms with Gasteiger partial charge in [0.1, 0.15) is 5.84 Å². The van der Waals surface area contributed by atoms with E-state index in [1.54, 1.807) is 48.5 Å². The van der Waals surface area contributed by atoms with Gasteiger partial charge in [0.05, 0.1) is 11.8 Å². The zero-order valence-electron chi connectivity index (χ0n) is 17.8. The second-order valence-corrected chi connectivity index (χ2v) is 8.86. The van der Waals surface area contributed by atoms with E-state index in [0.29, 0.717) is 22.6 Å². The molecule has 3 aromatic carbocycles. The molecular formula is C23H19N3O7S. The molecule has 10 nitrogen and oxygen atoms in total. The van der Waals surface area contributed by atoms with Crippen LogP contribution in [-0.2, 0) is 14.3 Å². The topological polar surface area (TPSA) is 158 Å². The average Bonchev–Trinajstić information content (AvgIpc) is 3.26. The van der Waals surface area contributed by atoms with E-state index in [2.05, 4.69) is 9.50 Å². The second-order valence-electron chi connectivity index (χ2n) is 7.29. The number of nitrogens with two attached hydrogens (primary N) is 1. The van der Waals surface area contributed by atoms with Gasteiger partial charge in [-0.25, -0.2) is 4.79 Å². The minimum atomic E-state index is -4.09. The van der Waals surface area contributed by atoms with E-state index < -0.39 is 22.0 Å². The summed E-state index contributed by atoms with van der Waals surface area (Å²) in [5, 5.41) is 10.2. The maximum atomic E-state index is 13.2. The summed E-state index contributed by atoms with van der Waals surface area (Å²) in [6, 6.07) is 15.7. The van der Waals surface area contributed by atoms with Gasteiger partial charge in [0.15, 0.2) is 11.5 Å². The summed E-state index contributed by atoms with van der Waals surface area (Å²) in [6.07, 6.45) is 0.760. The first-order valence-electron chi connectivity index (χ1n) is 9.85. The molecule has 0 aromatic heterocycles. The van der Waals surface area contributed by atoms with E-state index in [-0.39, 0.29) is 35.1 Å². The molecule has 11 heteroatoms. The Bertz CT molecular complexity index is 1420. The quantitative estimate of drug-likeness (QED) is 0.275. The van der Waals surface area contributed by atoms with Crippen molar-refractivity contribution < 1.29 is 31.7 Å². The fraction of sp³-hybridized carbons (Fsp3) is 0.0870. The number of amides is 1. The zero-order chi connectivity index (χ0) is 24.5. The summed E-state index contributed by atoms with van der Waals surface area (Å²) >= 11 is 0. The number of carbonyl (C=O) groups excluding carboxylic acids is 2. The molecule has 4 rings (SSSR count). The van der Waals surface area contributed by atoms with Crippen LogP contribution in [0.2, 0.25) is 0 Å². The number of hydrogen-bond acceptors (Lipinski definition) is 8. The summed E-state index contributed by atoms with van der Waals surface area (Å²) in [5.74, 6) is -1.19. The Morgan fingerprint density at radius 1 is 1.00 bits per heavy atom. The number of rotatable bonds is 6. The molecule has 174 valence electrons. The molecule has 1 heterocycles. The maximum Gasteiger partial charge on any atom is 0.354 e. The number of anilines is 1. The number of hydrogen-bond donors (Lipinski definition) is 3. The lowest BCUT2D eigenvalue weighted by Gasteiger charge is -2.15. The van der Waals surface area contributed by atoms with Gasteiger partial charge in [-0.1, -0.05) is 18.2 Å². The van der Waals surface area contributed by atoms with Crippen LogP contribution in [0, 0.1) is 5.41 Å². The average molecular weight is 481 g/mol. The predicted octanol–water partition coefficient (Wildman–Crippen LogP) is 2.74. The number of ether oxygens (including phenoxy) is 2. The van der Waals surface area contributed by atoms with E-state index in [0.717, 1.165) is 6.26 Å². The lowest BCUT2D eigenvalue weighted by molar-refractivity contribution is 0.0748. The Labute approximate surface area is 194 Å². The van der Waals surface area contributed by atoms with Crippen LogP contribution in [0.15, 0.2) is 60.7 Å². The molecule has 1 aliphatic rings. The predicted molar refractivity (Wildman–Crippen MR) is 124 cm³/mol. The molecule has 0 radical (unpaired) electrons. The highest BCUT2D eigenvalue weighted by Gasteiger charge is 2.29. The molecule has 4 N–H and O–H groups in total. The number of carbonyl (C=O) groups is 2. The molecule has 0 spiro atoms. The highest BCUT2D eigenvalue weighted by Crippen LogP contribution is 2.45. The van der Waals surface area contributed by atoms with Crippen LogP contribution in [0.5, 0.6) is 11.5 Å². The standard InChI is InChI=1S/C23H19N3O7S/c1-34(29,30)33-23(28)17-10-11-18-20(32-12-31-18)19(17)15-4-2-3-5-16(15)22(27)26-14-8-6-13(7-9-14)21(24)25/h2-11H,12H2,1H3,(H3,24,25)(H,26,27). The Hall–Kier alpha value is -4.38. The van der Waals surface area contributed by atoms with Crippen molar-refractivity contribution in [1.82, 2.24) is 0 Å². The molecule has 0 atom stereocenters. The van der Waals surface area contributed by atoms with Gasteiger partial charge in [-0.05, 0) is 48.0 Å². The SMILES string of the molecule is CS(=O)(=O)OC(=O)c1ccc2c(c1-c1ccccc1C(=O)Nc1ccc(C(=N)N)cc1)OCO2. The molecule has 1 amide bonds. The van der Waals surface area contributed by atoms with Crippen LogP contribution in [0.25, 0.3) is 11.1 Å². The van der Waals surface area contributed by atoms with E-state index in [9.17, 15) is 18.0 Å². The summed E-state index contributed by atoms with van der Waals surface area (Å²) < 4.78 is 38.6.